The molecule has 1 aromatic heterocycles. The lowest BCUT2D eigenvalue weighted by Crippen LogP contribution is -2.46. The fourth-order valence-electron chi connectivity index (χ4n) is 3.05. The average Bonchev–Trinajstić information content (AvgIpc) is 3.08. The topological polar surface area (TPSA) is 47.7 Å². The zero-order valence-corrected chi connectivity index (χ0v) is 13.8. The van der Waals surface area contributed by atoms with Crippen molar-refractivity contribution in [2.75, 3.05) is 32.2 Å². The van der Waals surface area contributed by atoms with Gasteiger partial charge in [0.15, 0.2) is 0 Å². The van der Waals surface area contributed by atoms with Crippen molar-refractivity contribution in [1.82, 2.24) is 0 Å². The standard InChI is InChI=1S/C17H22N2O2S/c1-20-15-7-14(8-16(9-15)21-2)19-10-12(6-13(18)11-19)17-4-3-5-22-17/h3-5,7-9,12-13H,6,10-11,18H2,1-2H3. The molecule has 0 spiro atoms. The van der Waals surface area contributed by atoms with E-state index in [1.807, 2.05) is 29.5 Å². The summed E-state index contributed by atoms with van der Waals surface area (Å²) in [6.45, 7) is 1.84. The van der Waals surface area contributed by atoms with Gasteiger partial charge in [0.25, 0.3) is 0 Å². The molecule has 4 nitrogen and oxygen atoms in total. The van der Waals surface area contributed by atoms with E-state index in [4.69, 9.17) is 15.2 Å². The lowest BCUT2D eigenvalue weighted by Gasteiger charge is -2.37. The molecule has 0 radical (unpaired) electrons. The SMILES string of the molecule is COc1cc(OC)cc(N2CC(N)CC(c3cccs3)C2)c1. The van der Waals surface area contributed by atoms with Gasteiger partial charge in [-0.3, -0.25) is 0 Å². The van der Waals surface area contributed by atoms with Crippen molar-refractivity contribution in [2.45, 2.75) is 18.4 Å². The molecule has 5 heteroatoms. The highest BCUT2D eigenvalue weighted by Gasteiger charge is 2.27. The first-order chi connectivity index (χ1) is 10.7. The lowest BCUT2D eigenvalue weighted by molar-refractivity contribution is 0.393. The molecule has 2 atom stereocenters. The maximum Gasteiger partial charge on any atom is 0.124 e. The Hall–Kier alpha value is -1.72. The molecule has 1 aliphatic rings. The minimum Gasteiger partial charge on any atom is -0.497 e. The second kappa shape index (κ2) is 6.58. The van der Waals surface area contributed by atoms with E-state index >= 15 is 0 Å². The van der Waals surface area contributed by atoms with Crippen molar-refractivity contribution in [3.63, 3.8) is 0 Å². The Kier molecular flexibility index (Phi) is 4.55. The average molecular weight is 318 g/mol. The molecule has 3 rings (SSSR count). The van der Waals surface area contributed by atoms with Gasteiger partial charge in [-0.25, -0.2) is 0 Å². The Morgan fingerprint density at radius 3 is 2.45 bits per heavy atom. The van der Waals surface area contributed by atoms with Crippen LogP contribution in [0.2, 0.25) is 0 Å². The van der Waals surface area contributed by atoms with Gasteiger partial charge in [-0.05, 0) is 17.9 Å². The van der Waals surface area contributed by atoms with Crippen molar-refractivity contribution in [2.24, 2.45) is 5.73 Å². The highest BCUT2D eigenvalue weighted by Crippen LogP contribution is 2.35. The first-order valence-corrected chi connectivity index (χ1v) is 8.34. The van der Waals surface area contributed by atoms with Gasteiger partial charge >= 0.3 is 0 Å². The molecule has 2 aromatic rings. The number of thiophene rings is 1. The summed E-state index contributed by atoms with van der Waals surface area (Å²) in [5.41, 5.74) is 7.41. The van der Waals surface area contributed by atoms with Crippen molar-refractivity contribution in [3.05, 3.63) is 40.6 Å². The summed E-state index contributed by atoms with van der Waals surface area (Å²) in [6, 6.07) is 10.5. The van der Waals surface area contributed by atoms with E-state index in [1.165, 1.54) is 4.88 Å². The number of hydrogen-bond acceptors (Lipinski definition) is 5. The lowest BCUT2D eigenvalue weighted by atomic mass is 9.93. The third-order valence-electron chi connectivity index (χ3n) is 4.13. The molecule has 2 unspecified atom stereocenters. The zero-order valence-electron chi connectivity index (χ0n) is 13.0. The molecule has 1 saturated heterocycles. The molecule has 1 aromatic carbocycles. The Labute approximate surface area is 135 Å². The van der Waals surface area contributed by atoms with Crippen LogP contribution in [-0.4, -0.2) is 33.4 Å². The van der Waals surface area contributed by atoms with Crippen LogP contribution in [0.4, 0.5) is 5.69 Å². The molecule has 0 bridgehead atoms. The van der Waals surface area contributed by atoms with Gasteiger partial charge in [-0.2, -0.15) is 0 Å². The zero-order chi connectivity index (χ0) is 15.5. The van der Waals surface area contributed by atoms with E-state index in [2.05, 4.69) is 22.4 Å². The van der Waals surface area contributed by atoms with Gasteiger partial charge in [-0.15, -0.1) is 11.3 Å². The van der Waals surface area contributed by atoms with Gasteiger partial charge < -0.3 is 20.1 Å². The number of methoxy groups -OCH3 is 2. The third kappa shape index (κ3) is 3.20. The van der Waals surface area contributed by atoms with Gasteiger partial charge in [0.1, 0.15) is 11.5 Å². The quantitative estimate of drug-likeness (QED) is 0.941. The van der Waals surface area contributed by atoms with E-state index in [1.54, 1.807) is 14.2 Å². The van der Waals surface area contributed by atoms with E-state index in [9.17, 15) is 0 Å². The molecule has 2 heterocycles. The number of rotatable bonds is 4. The molecule has 1 fully saturated rings. The fraction of sp³-hybridized carbons (Fsp3) is 0.412. The van der Waals surface area contributed by atoms with Crippen LogP contribution < -0.4 is 20.1 Å². The largest absolute Gasteiger partial charge is 0.497 e. The Morgan fingerprint density at radius 2 is 1.86 bits per heavy atom. The summed E-state index contributed by atoms with van der Waals surface area (Å²) in [4.78, 5) is 3.75. The van der Waals surface area contributed by atoms with Crippen molar-refractivity contribution in [1.29, 1.82) is 0 Å². The van der Waals surface area contributed by atoms with Gasteiger partial charge in [0.05, 0.1) is 14.2 Å². The van der Waals surface area contributed by atoms with Crippen molar-refractivity contribution < 1.29 is 9.47 Å². The van der Waals surface area contributed by atoms with Crippen LogP contribution in [0.15, 0.2) is 35.7 Å². The molecule has 22 heavy (non-hydrogen) atoms. The number of hydrogen-bond donors (Lipinski definition) is 1. The summed E-state index contributed by atoms with van der Waals surface area (Å²) >= 11 is 1.81. The molecule has 2 N–H and O–H groups in total. The molecular formula is C17H22N2O2S. The minimum absolute atomic E-state index is 0.179. The molecule has 0 amide bonds. The van der Waals surface area contributed by atoms with Crippen LogP contribution in [0.3, 0.4) is 0 Å². The fourth-order valence-corrected chi connectivity index (χ4v) is 3.89. The molecule has 0 aliphatic carbocycles. The summed E-state index contributed by atoms with van der Waals surface area (Å²) in [6.07, 6.45) is 1.04. The second-order valence-electron chi connectivity index (χ2n) is 5.68. The molecular weight excluding hydrogens is 296 g/mol. The minimum atomic E-state index is 0.179. The molecule has 1 aliphatic heterocycles. The molecule has 118 valence electrons. The van der Waals surface area contributed by atoms with Crippen LogP contribution >= 0.6 is 11.3 Å². The highest BCUT2D eigenvalue weighted by atomic mass is 32.1. The Balaban J connectivity index is 1.87. The molecule has 0 saturated carbocycles. The van der Waals surface area contributed by atoms with E-state index in [0.29, 0.717) is 5.92 Å². The smallest absolute Gasteiger partial charge is 0.124 e. The summed E-state index contributed by atoms with van der Waals surface area (Å²) in [7, 11) is 3.35. The van der Waals surface area contributed by atoms with Crippen LogP contribution in [-0.2, 0) is 0 Å². The normalized spacial score (nSPS) is 21.7. The number of anilines is 1. The highest BCUT2D eigenvalue weighted by molar-refractivity contribution is 7.10. The van der Waals surface area contributed by atoms with Crippen LogP contribution in [0, 0.1) is 0 Å². The van der Waals surface area contributed by atoms with Crippen LogP contribution in [0.1, 0.15) is 17.2 Å². The van der Waals surface area contributed by atoms with Crippen molar-refractivity contribution in [3.8, 4) is 11.5 Å². The monoisotopic (exact) mass is 318 g/mol. The second-order valence-corrected chi connectivity index (χ2v) is 6.66. The third-order valence-corrected chi connectivity index (χ3v) is 5.16. The van der Waals surface area contributed by atoms with Crippen LogP contribution in [0.5, 0.6) is 11.5 Å². The number of benzene rings is 1. The number of nitrogens with zero attached hydrogens (tertiary/aromatic N) is 1. The number of piperidine rings is 1. The Morgan fingerprint density at radius 1 is 1.14 bits per heavy atom. The van der Waals surface area contributed by atoms with Crippen molar-refractivity contribution >= 4 is 17.0 Å². The number of ether oxygens (including phenoxy) is 2. The number of nitrogens with two attached hydrogens (primary N) is 1. The van der Waals surface area contributed by atoms with Crippen LogP contribution in [0.25, 0.3) is 0 Å². The first-order valence-electron chi connectivity index (χ1n) is 7.46. The predicted molar refractivity (Wildman–Crippen MR) is 91.4 cm³/mol. The van der Waals surface area contributed by atoms with E-state index in [0.717, 1.165) is 36.7 Å². The van der Waals surface area contributed by atoms with E-state index in [-0.39, 0.29) is 6.04 Å². The summed E-state index contributed by atoms with van der Waals surface area (Å²) in [5, 5.41) is 2.13. The predicted octanol–water partition coefficient (Wildman–Crippen LogP) is 3.09. The first kappa shape index (κ1) is 15.2. The van der Waals surface area contributed by atoms with E-state index < -0.39 is 0 Å². The summed E-state index contributed by atoms with van der Waals surface area (Å²) in [5.74, 6) is 2.10. The maximum absolute atomic E-state index is 6.30. The van der Waals surface area contributed by atoms with Gasteiger partial charge in [-0.1, -0.05) is 6.07 Å². The summed E-state index contributed by atoms with van der Waals surface area (Å²) < 4.78 is 10.8. The van der Waals surface area contributed by atoms with Gasteiger partial charge in [0, 0.05) is 53.8 Å². The Bertz CT molecular complexity index is 593. The van der Waals surface area contributed by atoms with Gasteiger partial charge in [0.2, 0.25) is 0 Å². The maximum atomic E-state index is 6.30.